The molecule has 1 aromatic heterocycles. The van der Waals surface area contributed by atoms with Crippen LogP contribution in [-0.2, 0) is 4.74 Å². The van der Waals surface area contributed by atoms with Crippen molar-refractivity contribution in [2.45, 2.75) is 31.8 Å². The van der Waals surface area contributed by atoms with Gasteiger partial charge in [-0.2, -0.15) is 0 Å². The molecule has 0 amide bonds. The maximum absolute atomic E-state index is 5.98. The number of thiophene rings is 1. The first kappa shape index (κ1) is 14.6. The Kier molecular flexibility index (Phi) is 5.59. The van der Waals surface area contributed by atoms with E-state index in [0.717, 1.165) is 6.42 Å². The molecule has 4 heteroatoms. The number of likely N-dealkylation sites (N-methyl/N-ethyl adjacent to an activating group) is 1. The molecule has 2 atom stereocenters. The van der Waals surface area contributed by atoms with E-state index < -0.39 is 0 Å². The van der Waals surface area contributed by atoms with Crippen LogP contribution in [0.4, 0.5) is 0 Å². The summed E-state index contributed by atoms with van der Waals surface area (Å²) in [6.07, 6.45) is 0.990. The standard InChI is InChI=1S/C13H24N2OS/c1-5-13(9-14,10-16-4)15(3)11(2)12-7-6-8-17-12/h6-8,11H,5,9-10,14H2,1-4H3. The van der Waals surface area contributed by atoms with Crippen LogP contribution >= 0.6 is 11.3 Å². The molecule has 0 aliphatic rings. The van der Waals surface area contributed by atoms with Gasteiger partial charge in [0.1, 0.15) is 0 Å². The van der Waals surface area contributed by atoms with Crippen LogP contribution in [0.2, 0.25) is 0 Å². The number of methoxy groups -OCH3 is 1. The predicted octanol–water partition coefficient (Wildman–Crippen LogP) is 2.49. The second-order valence-electron chi connectivity index (χ2n) is 4.52. The van der Waals surface area contributed by atoms with Crippen molar-refractivity contribution in [1.29, 1.82) is 0 Å². The van der Waals surface area contributed by atoms with Crippen LogP contribution in [-0.4, -0.2) is 37.7 Å². The third kappa shape index (κ3) is 3.07. The molecule has 1 aromatic rings. The number of hydrogen-bond donors (Lipinski definition) is 1. The maximum Gasteiger partial charge on any atom is 0.0659 e. The lowest BCUT2D eigenvalue weighted by Crippen LogP contribution is -2.55. The maximum atomic E-state index is 5.98. The predicted molar refractivity (Wildman–Crippen MR) is 74.4 cm³/mol. The van der Waals surface area contributed by atoms with E-state index in [1.54, 1.807) is 18.4 Å². The molecule has 0 spiro atoms. The number of ether oxygens (including phenoxy) is 1. The Hall–Kier alpha value is -0.420. The van der Waals surface area contributed by atoms with Crippen LogP contribution < -0.4 is 5.73 Å². The monoisotopic (exact) mass is 256 g/mol. The molecule has 2 N–H and O–H groups in total. The van der Waals surface area contributed by atoms with Crippen molar-refractivity contribution in [3.63, 3.8) is 0 Å². The summed E-state index contributed by atoms with van der Waals surface area (Å²) >= 11 is 1.79. The third-order valence-electron chi connectivity index (χ3n) is 3.74. The molecule has 0 aliphatic carbocycles. The zero-order chi connectivity index (χ0) is 12.9. The van der Waals surface area contributed by atoms with Crippen molar-refractivity contribution in [1.82, 2.24) is 4.90 Å². The molecule has 1 heterocycles. The van der Waals surface area contributed by atoms with E-state index in [0.29, 0.717) is 19.2 Å². The van der Waals surface area contributed by atoms with Crippen LogP contribution in [0, 0.1) is 0 Å². The highest BCUT2D eigenvalue weighted by molar-refractivity contribution is 7.10. The van der Waals surface area contributed by atoms with E-state index in [1.807, 2.05) is 0 Å². The normalized spacial score (nSPS) is 17.1. The summed E-state index contributed by atoms with van der Waals surface area (Å²) in [5.74, 6) is 0. The quantitative estimate of drug-likeness (QED) is 0.814. The van der Waals surface area contributed by atoms with Crippen LogP contribution in [0.15, 0.2) is 17.5 Å². The zero-order valence-electron chi connectivity index (χ0n) is 11.3. The van der Waals surface area contributed by atoms with Crippen LogP contribution in [0.25, 0.3) is 0 Å². The largest absolute Gasteiger partial charge is 0.383 e. The van der Waals surface area contributed by atoms with Crippen molar-refractivity contribution in [2.24, 2.45) is 5.73 Å². The van der Waals surface area contributed by atoms with Gasteiger partial charge in [0.25, 0.3) is 0 Å². The summed E-state index contributed by atoms with van der Waals surface area (Å²) in [6, 6.07) is 4.64. The lowest BCUT2D eigenvalue weighted by Gasteiger charge is -2.43. The minimum Gasteiger partial charge on any atom is -0.383 e. The van der Waals surface area contributed by atoms with E-state index in [9.17, 15) is 0 Å². The van der Waals surface area contributed by atoms with Crippen molar-refractivity contribution >= 4 is 11.3 Å². The van der Waals surface area contributed by atoms with Gasteiger partial charge in [-0.1, -0.05) is 13.0 Å². The first-order valence-corrected chi connectivity index (χ1v) is 6.94. The van der Waals surface area contributed by atoms with Crippen LogP contribution in [0.5, 0.6) is 0 Å². The van der Waals surface area contributed by atoms with Crippen molar-refractivity contribution in [3.8, 4) is 0 Å². The third-order valence-corrected chi connectivity index (χ3v) is 4.78. The fourth-order valence-electron chi connectivity index (χ4n) is 2.20. The van der Waals surface area contributed by atoms with Gasteiger partial charge in [0, 0.05) is 24.6 Å². The van der Waals surface area contributed by atoms with Crippen LogP contribution in [0.1, 0.15) is 31.2 Å². The number of nitrogens with zero attached hydrogens (tertiary/aromatic N) is 1. The topological polar surface area (TPSA) is 38.5 Å². The summed E-state index contributed by atoms with van der Waals surface area (Å²) in [5, 5.41) is 2.12. The molecule has 0 aromatic carbocycles. The lowest BCUT2D eigenvalue weighted by molar-refractivity contribution is 0.00700. The Morgan fingerprint density at radius 1 is 1.59 bits per heavy atom. The molecule has 0 radical (unpaired) electrons. The average molecular weight is 256 g/mol. The smallest absolute Gasteiger partial charge is 0.0659 e. The van der Waals surface area contributed by atoms with Crippen molar-refractivity contribution < 1.29 is 4.74 Å². The molecule has 3 nitrogen and oxygen atoms in total. The molecule has 1 rings (SSSR count). The fourth-order valence-corrected chi connectivity index (χ4v) is 3.03. The molecule has 0 aliphatic heterocycles. The second kappa shape index (κ2) is 6.50. The minimum atomic E-state index is -0.0713. The van der Waals surface area contributed by atoms with Crippen molar-refractivity contribution in [3.05, 3.63) is 22.4 Å². The molecule has 0 saturated carbocycles. The SMILES string of the molecule is CCC(CN)(COC)N(C)C(C)c1cccs1. The Bertz CT molecular complexity index is 309. The molecule has 17 heavy (non-hydrogen) atoms. The summed E-state index contributed by atoms with van der Waals surface area (Å²) < 4.78 is 5.36. The van der Waals surface area contributed by atoms with Gasteiger partial charge in [0.05, 0.1) is 12.1 Å². The van der Waals surface area contributed by atoms with Gasteiger partial charge in [-0.05, 0) is 31.8 Å². The Labute approximate surface area is 109 Å². The minimum absolute atomic E-state index is 0.0713. The molecule has 0 bridgehead atoms. The first-order chi connectivity index (χ1) is 8.11. The molecule has 0 fully saturated rings. The van der Waals surface area contributed by atoms with Gasteiger partial charge in [0.15, 0.2) is 0 Å². The van der Waals surface area contributed by atoms with Gasteiger partial charge in [-0.3, -0.25) is 4.90 Å². The van der Waals surface area contributed by atoms with Crippen molar-refractivity contribution in [2.75, 3.05) is 27.3 Å². The average Bonchev–Trinajstić information content (AvgIpc) is 2.88. The summed E-state index contributed by atoms with van der Waals surface area (Å²) in [7, 11) is 3.88. The highest BCUT2D eigenvalue weighted by atomic mass is 32.1. The lowest BCUT2D eigenvalue weighted by atomic mass is 9.93. The Morgan fingerprint density at radius 2 is 2.29 bits per heavy atom. The van der Waals surface area contributed by atoms with Gasteiger partial charge in [0.2, 0.25) is 0 Å². The molecular weight excluding hydrogens is 232 g/mol. The molecule has 2 unspecified atom stereocenters. The number of nitrogens with two attached hydrogens (primary N) is 1. The van der Waals surface area contributed by atoms with E-state index in [-0.39, 0.29) is 5.54 Å². The highest BCUT2D eigenvalue weighted by Crippen LogP contribution is 2.30. The summed E-state index contributed by atoms with van der Waals surface area (Å²) in [4.78, 5) is 3.72. The highest BCUT2D eigenvalue weighted by Gasteiger charge is 2.34. The van der Waals surface area contributed by atoms with E-state index in [1.165, 1.54) is 4.88 Å². The molecule has 0 saturated heterocycles. The van der Waals surface area contributed by atoms with Gasteiger partial charge < -0.3 is 10.5 Å². The Morgan fingerprint density at radius 3 is 2.71 bits per heavy atom. The van der Waals surface area contributed by atoms with E-state index >= 15 is 0 Å². The fraction of sp³-hybridized carbons (Fsp3) is 0.692. The van der Waals surface area contributed by atoms with E-state index in [2.05, 4.69) is 43.3 Å². The first-order valence-electron chi connectivity index (χ1n) is 6.06. The summed E-state index contributed by atoms with van der Waals surface area (Å²) in [6.45, 7) is 5.68. The summed E-state index contributed by atoms with van der Waals surface area (Å²) in [5.41, 5.74) is 5.91. The van der Waals surface area contributed by atoms with Crippen LogP contribution in [0.3, 0.4) is 0 Å². The van der Waals surface area contributed by atoms with Gasteiger partial charge >= 0.3 is 0 Å². The molecular formula is C13H24N2OS. The zero-order valence-corrected chi connectivity index (χ0v) is 12.1. The van der Waals surface area contributed by atoms with Gasteiger partial charge in [-0.25, -0.2) is 0 Å². The number of hydrogen-bond acceptors (Lipinski definition) is 4. The number of rotatable bonds is 7. The Balaban J connectivity index is 2.87. The molecule has 98 valence electrons. The van der Waals surface area contributed by atoms with Gasteiger partial charge in [-0.15, -0.1) is 11.3 Å². The second-order valence-corrected chi connectivity index (χ2v) is 5.50. The van der Waals surface area contributed by atoms with E-state index in [4.69, 9.17) is 10.5 Å².